The molecule has 1 aromatic heterocycles. The molecule has 0 saturated heterocycles. The van der Waals surface area contributed by atoms with Crippen LogP contribution in [0.5, 0.6) is 5.75 Å². The lowest BCUT2D eigenvalue weighted by Gasteiger charge is -2.24. The highest BCUT2D eigenvalue weighted by Gasteiger charge is 2.26. The molecule has 5 heteroatoms. The fourth-order valence-corrected chi connectivity index (χ4v) is 4.80. The van der Waals surface area contributed by atoms with E-state index >= 15 is 0 Å². The second kappa shape index (κ2) is 8.80. The predicted octanol–water partition coefficient (Wildman–Crippen LogP) is 4.40. The van der Waals surface area contributed by atoms with Crippen molar-refractivity contribution in [1.29, 1.82) is 0 Å². The summed E-state index contributed by atoms with van der Waals surface area (Å²) in [5, 5.41) is 7.93. The minimum Gasteiger partial charge on any atom is -0.496 e. The van der Waals surface area contributed by atoms with Gasteiger partial charge in [0.25, 0.3) is 0 Å². The summed E-state index contributed by atoms with van der Waals surface area (Å²) in [6.07, 6.45) is 12.0. The third-order valence-electron chi connectivity index (χ3n) is 6.37. The van der Waals surface area contributed by atoms with Gasteiger partial charge in [0, 0.05) is 23.2 Å². The molecule has 1 atom stereocenters. The van der Waals surface area contributed by atoms with Crippen LogP contribution in [0.25, 0.3) is 0 Å². The molecule has 0 spiro atoms. The normalized spacial score (nSPS) is 19.4. The van der Waals surface area contributed by atoms with Crippen molar-refractivity contribution in [2.24, 2.45) is 5.92 Å². The number of carbonyl (C=O) groups excluding carboxylic acids is 1. The summed E-state index contributed by atoms with van der Waals surface area (Å²) in [4.78, 5) is 12.5. The molecule has 4 rings (SSSR count). The van der Waals surface area contributed by atoms with Gasteiger partial charge in [-0.15, -0.1) is 0 Å². The van der Waals surface area contributed by atoms with Crippen LogP contribution in [0, 0.1) is 5.92 Å². The first kappa shape index (κ1) is 19.0. The van der Waals surface area contributed by atoms with E-state index in [0.29, 0.717) is 13.0 Å². The summed E-state index contributed by atoms with van der Waals surface area (Å²) < 4.78 is 7.56. The first-order valence-corrected chi connectivity index (χ1v) is 10.7. The number of amides is 1. The van der Waals surface area contributed by atoms with Gasteiger partial charge in [-0.05, 0) is 37.7 Å². The topological polar surface area (TPSA) is 56.1 Å². The van der Waals surface area contributed by atoms with Crippen LogP contribution in [0.3, 0.4) is 0 Å². The smallest absolute Gasteiger partial charge is 0.220 e. The molecule has 0 unspecified atom stereocenters. The molecule has 150 valence electrons. The maximum atomic E-state index is 12.5. The number of carbonyl (C=O) groups is 1. The number of benzene rings is 1. The molecule has 28 heavy (non-hydrogen) atoms. The third-order valence-corrected chi connectivity index (χ3v) is 6.37. The summed E-state index contributed by atoms with van der Waals surface area (Å²) in [6, 6.07) is 8.18. The quantitative estimate of drug-likeness (QED) is 0.773. The fraction of sp³-hybridized carbons (Fsp3) is 0.565. The van der Waals surface area contributed by atoms with Crippen molar-refractivity contribution in [1.82, 2.24) is 15.1 Å². The highest BCUT2D eigenvalue weighted by atomic mass is 16.5. The highest BCUT2D eigenvalue weighted by molar-refractivity contribution is 5.76. The van der Waals surface area contributed by atoms with E-state index in [2.05, 4.69) is 21.2 Å². The summed E-state index contributed by atoms with van der Waals surface area (Å²) in [5.74, 6) is 1.85. The molecule has 2 aromatic rings. The average Bonchev–Trinajstić information content (AvgIpc) is 3.38. The Morgan fingerprint density at radius 3 is 2.86 bits per heavy atom. The number of hydrogen-bond donors (Lipinski definition) is 1. The molecule has 2 aliphatic rings. The van der Waals surface area contributed by atoms with Gasteiger partial charge in [0.05, 0.1) is 25.9 Å². The Kier molecular flexibility index (Phi) is 5.98. The standard InChI is InChI=1S/C23H31N3O2/c1-28-22-12-5-4-9-18(22)16-26-21-11-6-10-20(19(21)15-24-26)25-23(27)14-13-17-7-2-3-8-17/h4-5,9,12,15,17,20H,2-3,6-8,10-11,13-14,16H2,1H3,(H,25,27)/t20-/m1/s1. The molecule has 5 nitrogen and oxygen atoms in total. The lowest BCUT2D eigenvalue weighted by molar-refractivity contribution is -0.122. The van der Waals surface area contributed by atoms with Crippen LogP contribution in [0.1, 0.15) is 74.2 Å². The number of aromatic nitrogens is 2. The van der Waals surface area contributed by atoms with Gasteiger partial charge in [-0.25, -0.2) is 0 Å². The Balaban J connectivity index is 1.41. The van der Waals surface area contributed by atoms with E-state index in [1.807, 2.05) is 24.4 Å². The monoisotopic (exact) mass is 381 g/mol. The molecule has 2 aliphatic carbocycles. The van der Waals surface area contributed by atoms with E-state index in [1.54, 1.807) is 7.11 Å². The molecule has 1 fully saturated rings. The first-order chi connectivity index (χ1) is 13.7. The Bertz CT molecular complexity index is 808. The highest BCUT2D eigenvalue weighted by Crippen LogP contribution is 2.32. The summed E-state index contributed by atoms with van der Waals surface area (Å²) in [5.41, 5.74) is 3.56. The van der Waals surface area contributed by atoms with Crippen molar-refractivity contribution in [3.05, 3.63) is 47.3 Å². The van der Waals surface area contributed by atoms with Gasteiger partial charge >= 0.3 is 0 Å². The lowest BCUT2D eigenvalue weighted by atomic mass is 9.92. The zero-order valence-electron chi connectivity index (χ0n) is 16.8. The van der Waals surface area contributed by atoms with Gasteiger partial charge in [-0.1, -0.05) is 43.9 Å². The molecular weight excluding hydrogens is 350 g/mol. The SMILES string of the molecule is COc1ccccc1Cn1ncc2c1CCC[C@H]2NC(=O)CCC1CCCC1. The van der Waals surface area contributed by atoms with Crippen LogP contribution in [0.4, 0.5) is 0 Å². The van der Waals surface area contributed by atoms with E-state index in [9.17, 15) is 4.79 Å². The third kappa shape index (κ3) is 4.23. The number of nitrogens with one attached hydrogen (secondary N) is 1. The number of para-hydroxylation sites is 1. The van der Waals surface area contributed by atoms with Gasteiger partial charge in [-0.3, -0.25) is 9.48 Å². The fourth-order valence-electron chi connectivity index (χ4n) is 4.80. The zero-order valence-corrected chi connectivity index (χ0v) is 16.8. The van der Waals surface area contributed by atoms with Gasteiger partial charge in [0.1, 0.15) is 5.75 Å². The van der Waals surface area contributed by atoms with E-state index < -0.39 is 0 Å². The Morgan fingerprint density at radius 2 is 2.04 bits per heavy atom. The van der Waals surface area contributed by atoms with Crippen LogP contribution < -0.4 is 10.1 Å². The van der Waals surface area contributed by atoms with E-state index in [1.165, 1.54) is 36.9 Å². The maximum absolute atomic E-state index is 12.5. The number of ether oxygens (including phenoxy) is 1. The molecule has 1 saturated carbocycles. The van der Waals surface area contributed by atoms with Gasteiger partial charge < -0.3 is 10.1 Å². The van der Waals surface area contributed by atoms with Gasteiger partial charge in [0.15, 0.2) is 0 Å². The van der Waals surface area contributed by atoms with Crippen LogP contribution >= 0.6 is 0 Å². The second-order valence-electron chi connectivity index (χ2n) is 8.22. The zero-order chi connectivity index (χ0) is 19.3. The Hall–Kier alpha value is -2.30. The Morgan fingerprint density at radius 1 is 1.21 bits per heavy atom. The molecule has 1 amide bonds. The maximum Gasteiger partial charge on any atom is 0.220 e. The molecule has 1 aromatic carbocycles. The first-order valence-electron chi connectivity index (χ1n) is 10.7. The molecule has 1 heterocycles. The lowest BCUT2D eigenvalue weighted by Crippen LogP contribution is -2.31. The molecule has 0 aliphatic heterocycles. The predicted molar refractivity (Wildman–Crippen MR) is 109 cm³/mol. The van der Waals surface area contributed by atoms with Crippen molar-refractivity contribution in [3.63, 3.8) is 0 Å². The minimum atomic E-state index is 0.103. The molecular formula is C23H31N3O2. The van der Waals surface area contributed by atoms with Crippen LogP contribution in [-0.4, -0.2) is 22.8 Å². The molecule has 0 bridgehead atoms. The summed E-state index contributed by atoms with van der Waals surface area (Å²) in [7, 11) is 1.70. The van der Waals surface area contributed by atoms with Crippen molar-refractivity contribution in [2.45, 2.75) is 70.4 Å². The van der Waals surface area contributed by atoms with Gasteiger partial charge in [-0.2, -0.15) is 5.10 Å². The number of methoxy groups -OCH3 is 1. The van der Waals surface area contributed by atoms with E-state index in [-0.39, 0.29) is 11.9 Å². The van der Waals surface area contributed by atoms with Crippen LogP contribution in [0.2, 0.25) is 0 Å². The van der Waals surface area contributed by atoms with Gasteiger partial charge in [0.2, 0.25) is 5.91 Å². The minimum absolute atomic E-state index is 0.103. The average molecular weight is 382 g/mol. The second-order valence-corrected chi connectivity index (χ2v) is 8.22. The van der Waals surface area contributed by atoms with Crippen molar-refractivity contribution in [3.8, 4) is 5.75 Å². The van der Waals surface area contributed by atoms with Crippen LogP contribution in [0.15, 0.2) is 30.5 Å². The van der Waals surface area contributed by atoms with E-state index in [4.69, 9.17) is 4.74 Å². The summed E-state index contributed by atoms with van der Waals surface area (Å²) >= 11 is 0. The van der Waals surface area contributed by atoms with E-state index in [0.717, 1.165) is 42.9 Å². The summed E-state index contributed by atoms with van der Waals surface area (Å²) in [6.45, 7) is 0.696. The number of rotatable bonds is 7. The number of hydrogen-bond acceptors (Lipinski definition) is 3. The van der Waals surface area contributed by atoms with Crippen molar-refractivity contribution >= 4 is 5.91 Å². The van der Waals surface area contributed by atoms with Crippen LogP contribution in [-0.2, 0) is 17.8 Å². The number of nitrogens with zero attached hydrogens (tertiary/aromatic N) is 2. The van der Waals surface area contributed by atoms with Crippen molar-refractivity contribution < 1.29 is 9.53 Å². The Labute approximate surface area is 167 Å². The number of fused-ring (bicyclic) bond motifs is 1. The van der Waals surface area contributed by atoms with Crippen molar-refractivity contribution in [2.75, 3.05) is 7.11 Å². The molecule has 1 N–H and O–H groups in total. The largest absolute Gasteiger partial charge is 0.496 e. The molecule has 0 radical (unpaired) electrons.